The Kier molecular flexibility index (Phi) is 4.52. The van der Waals surface area contributed by atoms with E-state index >= 15 is 0 Å². The lowest BCUT2D eigenvalue weighted by atomic mass is 9.87. The summed E-state index contributed by atoms with van der Waals surface area (Å²) >= 11 is 0. The summed E-state index contributed by atoms with van der Waals surface area (Å²) in [7, 11) is 2.88. The molecule has 4 N–H and O–H groups in total. The first-order chi connectivity index (χ1) is 12.0. The van der Waals surface area contributed by atoms with Crippen LogP contribution in [0.5, 0.6) is 5.75 Å². The number of carbonyl (C=O) groups is 1. The summed E-state index contributed by atoms with van der Waals surface area (Å²) < 4.78 is 10.3. The molecular weight excluding hydrogens is 322 g/mol. The van der Waals surface area contributed by atoms with Crippen LogP contribution in [0.25, 0.3) is 0 Å². The van der Waals surface area contributed by atoms with Gasteiger partial charge in [0.05, 0.1) is 25.5 Å². The van der Waals surface area contributed by atoms with Crippen molar-refractivity contribution in [1.29, 1.82) is 0 Å². The monoisotopic (exact) mass is 345 g/mol. The number of carbonyl (C=O) groups excluding carboxylic acids is 1. The SMILES string of the molecule is COC(=O)c1ccc(N2C(N)=NC(N)=NC23CCCCC3)c(OC)c1. The van der Waals surface area contributed by atoms with Crippen molar-refractivity contribution in [3.63, 3.8) is 0 Å². The Bertz CT molecular complexity index is 738. The van der Waals surface area contributed by atoms with Crippen LogP contribution in [0.3, 0.4) is 0 Å². The van der Waals surface area contributed by atoms with Gasteiger partial charge in [0, 0.05) is 0 Å². The van der Waals surface area contributed by atoms with Gasteiger partial charge in [-0.05, 0) is 43.9 Å². The van der Waals surface area contributed by atoms with Gasteiger partial charge in [-0.2, -0.15) is 4.99 Å². The van der Waals surface area contributed by atoms with Crippen LogP contribution in [0.4, 0.5) is 5.69 Å². The summed E-state index contributed by atoms with van der Waals surface area (Å²) in [5.74, 6) is 0.542. The largest absolute Gasteiger partial charge is 0.495 e. The number of esters is 1. The normalized spacial score (nSPS) is 19.2. The van der Waals surface area contributed by atoms with Gasteiger partial charge >= 0.3 is 5.97 Å². The third-order valence-corrected chi connectivity index (χ3v) is 4.69. The van der Waals surface area contributed by atoms with Gasteiger partial charge in [0.2, 0.25) is 11.9 Å². The Hall–Kier alpha value is -2.77. The molecule has 1 saturated carbocycles. The summed E-state index contributed by atoms with van der Waals surface area (Å²) in [6.07, 6.45) is 4.87. The Labute approximate surface area is 146 Å². The minimum absolute atomic E-state index is 0.195. The van der Waals surface area contributed by atoms with Crippen LogP contribution in [0.2, 0.25) is 0 Å². The average Bonchev–Trinajstić information content (AvgIpc) is 2.61. The van der Waals surface area contributed by atoms with Gasteiger partial charge in [-0.25, -0.2) is 9.79 Å². The molecule has 0 amide bonds. The maximum absolute atomic E-state index is 11.8. The Morgan fingerprint density at radius 1 is 1.20 bits per heavy atom. The standard InChI is InChI=1S/C17H23N5O3/c1-24-13-10-11(14(23)25-2)6-7-12(13)22-16(19)20-15(18)21-17(22)8-4-3-5-9-17/h6-7,10H,3-5,8-9H2,1-2H3,(H4,18,19,20,21). The zero-order valence-corrected chi connectivity index (χ0v) is 14.5. The molecule has 1 heterocycles. The number of ether oxygens (including phenoxy) is 2. The highest BCUT2D eigenvalue weighted by Gasteiger charge is 2.43. The minimum Gasteiger partial charge on any atom is -0.495 e. The van der Waals surface area contributed by atoms with E-state index in [4.69, 9.17) is 20.9 Å². The fourth-order valence-corrected chi connectivity index (χ4v) is 3.58. The zero-order valence-electron chi connectivity index (χ0n) is 14.5. The molecule has 0 unspecified atom stereocenters. The maximum atomic E-state index is 11.8. The second-order valence-electron chi connectivity index (χ2n) is 6.20. The van der Waals surface area contributed by atoms with E-state index in [9.17, 15) is 4.79 Å². The summed E-state index contributed by atoms with van der Waals surface area (Å²) in [5.41, 5.74) is 12.7. The van der Waals surface area contributed by atoms with E-state index in [0.717, 1.165) is 32.1 Å². The Morgan fingerprint density at radius 2 is 1.92 bits per heavy atom. The van der Waals surface area contributed by atoms with Crippen LogP contribution < -0.4 is 21.1 Å². The van der Waals surface area contributed by atoms with E-state index in [-0.39, 0.29) is 11.9 Å². The summed E-state index contributed by atoms with van der Waals surface area (Å²) in [5, 5.41) is 0. The minimum atomic E-state index is -0.561. The van der Waals surface area contributed by atoms with Crippen molar-refractivity contribution >= 4 is 23.6 Å². The summed E-state index contributed by atoms with van der Waals surface area (Å²) in [6.45, 7) is 0. The van der Waals surface area contributed by atoms with Crippen molar-refractivity contribution in [2.45, 2.75) is 37.8 Å². The van der Waals surface area contributed by atoms with Crippen molar-refractivity contribution < 1.29 is 14.3 Å². The highest BCUT2D eigenvalue weighted by Crippen LogP contribution is 2.42. The highest BCUT2D eigenvalue weighted by atomic mass is 16.5. The van der Waals surface area contributed by atoms with Gasteiger partial charge in [-0.15, -0.1) is 0 Å². The molecule has 0 radical (unpaired) electrons. The predicted octanol–water partition coefficient (Wildman–Crippen LogP) is 1.59. The van der Waals surface area contributed by atoms with E-state index in [2.05, 4.69) is 9.98 Å². The average molecular weight is 345 g/mol. The van der Waals surface area contributed by atoms with E-state index < -0.39 is 11.6 Å². The Balaban J connectivity index is 2.09. The molecule has 8 nitrogen and oxygen atoms in total. The first kappa shape index (κ1) is 17.1. The van der Waals surface area contributed by atoms with Gasteiger partial charge in [-0.3, -0.25) is 4.90 Å². The van der Waals surface area contributed by atoms with E-state index in [1.807, 2.05) is 4.90 Å². The summed E-state index contributed by atoms with van der Waals surface area (Å²) in [6, 6.07) is 5.09. The molecule has 3 rings (SSSR count). The fraction of sp³-hybridized carbons (Fsp3) is 0.471. The smallest absolute Gasteiger partial charge is 0.337 e. The molecule has 1 aromatic carbocycles. The molecule has 1 fully saturated rings. The number of rotatable bonds is 3. The number of guanidine groups is 2. The maximum Gasteiger partial charge on any atom is 0.337 e. The Morgan fingerprint density at radius 3 is 2.56 bits per heavy atom. The van der Waals surface area contributed by atoms with Crippen LogP contribution in [0, 0.1) is 0 Å². The van der Waals surface area contributed by atoms with Gasteiger partial charge in [0.15, 0.2) is 0 Å². The third kappa shape index (κ3) is 2.99. The lowest BCUT2D eigenvalue weighted by Crippen LogP contribution is -2.58. The molecule has 0 aromatic heterocycles. The number of hydrogen-bond donors (Lipinski definition) is 2. The molecule has 134 valence electrons. The number of nitrogens with zero attached hydrogens (tertiary/aromatic N) is 3. The third-order valence-electron chi connectivity index (χ3n) is 4.69. The molecule has 0 atom stereocenters. The van der Waals surface area contributed by atoms with Crippen molar-refractivity contribution in [3.05, 3.63) is 23.8 Å². The molecule has 2 aliphatic rings. The number of aliphatic imine (C=N–C) groups is 2. The van der Waals surface area contributed by atoms with Crippen LogP contribution in [0.1, 0.15) is 42.5 Å². The summed E-state index contributed by atoms with van der Waals surface area (Å²) in [4.78, 5) is 22.4. The number of methoxy groups -OCH3 is 2. The van der Waals surface area contributed by atoms with Crippen molar-refractivity contribution in [1.82, 2.24) is 0 Å². The first-order valence-corrected chi connectivity index (χ1v) is 8.27. The molecule has 1 aromatic rings. The van der Waals surface area contributed by atoms with Crippen LogP contribution in [-0.4, -0.2) is 37.8 Å². The van der Waals surface area contributed by atoms with E-state index in [1.165, 1.54) is 7.11 Å². The zero-order chi connectivity index (χ0) is 18.0. The van der Waals surface area contributed by atoms with Crippen LogP contribution in [0.15, 0.2) is 28.2 Å². The van der Waals surface area contributed by atoms with Crippen molar-refractivity contribution in [3.8, 4) is 5.75 Å². The molecule has 8 heteroatoms. The predicted molar refractivity (Wildman–Crippen MR) is 95.9 cm³/mol. The number of benzene rings is 1. The molecule has 1 aliphatic heterocycles. The number of nitrogens with two attached hydrogens (primary N) is 2. The molecule has 25 heavy (non-hydrogen) atoms. The highest BCUT2D eigenvalue weighted by molar-refractivity contribution is 6.06. The topological polar surface area (TPSA) is 116 Å². The molecule has 1 spiro atoms. The van der Waals surface area contributed by atoms with Gasteiger partial charge in [0.25, 0.3) is 0 Å². The lowest BCUT2D eigenvalue weighted by Gasteiger charge is -2.45. The molecule has 0 bridgehead atoms. The number of anilines is 1. The lowest BCUT2D eigenvalue weighted by molar-refractivity contribution is 0.0600. The van der Waals surface area contributed by atoms with Crippen LogP contribution >= 0.6 is 0 Å². The van der Waals surface area contributed by atoms with Crippen molar-refractivity contribution in [2.75, 3.05) is 19.1 Å². The van der Waals surface area contributed by atoms with Gasteiger partial charge < -0.3 is 20.9 Å². The molecule has 0 saturated heterocycles. The van der Waals surface area contributed by atoms with Crippen molar-refractivity contribution in [2.24, 2.45) is 21.5 Å². The second-order valence-corrected chi connectivity index (χ2v) is 6.20. The second kappa shape index (κ2) is 6.62. The van der Waals surface area contributed by atoms with Gasteiger partial charge in [0.1, 0.15) is 11.4 Å². The van der Waals surface area contributed by atoms with Crippen LogP contribution in [-0.2, 0) is 4.74 Å². The van der Waals surface area contributed by atoms with E-state index in [1.54, 1.807) is 25.3 Å². The first-order valence-electron chi connectivity index (χ1n) is 8.27. The van der Waals surface area contributed by atoms with E-state index in [0.29, 0.717) is 17.0 Å². The molecule has 1 aliphatic carbocycles. The number of hydrogen-bond acceptors (Lipinski definition) is 8. The molecular formula is C17H23N5O3. The quantitative estimate of drug-likeness (QED) is 0.804. The fourth-order valence-electron chi connectivity index (χ4n) is 3.58. The van der Waals surface area contributed by atoms with Gasteiger partial charge in [-0.1, -0.05) is 6.42 Å².